The minimum Gasteiger partial charge on any atom is -0.301 e. The van der Waals surface area contributed by atoms with Crippen LogP contribution in [0.4, 0.5) is 0 Å². The lowest BCUT2D eigenvalue weighted by atomic mass is 10.1. The van der Waals surface area contributed by atoms with Crippen LogP contribution < -0.4 is 0 Å². The van der Waals surface area contributed by atoms with E-state index in [0.717, 1.165) is 18.3 Å². The fourth-order valence-electron chi connectivity index (χ4n) is 2.22. The summed E-state index contributed by atoms with van der Waals surface area (Å²) in [6.07, 6.45) is 3.80. The maximum absolute atomic E-state index is 6.07. The molecule has 1 aromatic rings. The minimum atomic E-state index is 0.494. The SMILES string of the molecule is CC1(C)CC1Cn1c(Cl)nnc1C1CC1. The van der Waals surface area contributed by atoms with Gasteiger partial charge >= 0.3 is 0 Å². The number of halogens is 1. The lowest BCUT2D eigenvalue weighted by Gasteiger charge is -2.08. The molecule has 2 saturated carbocycles. The van der Waals surface area contributed by atoms with E-state index in [4.69, 9.17) is 11.6 Å². The van der Waals surface area contributed by atoms with Crippen molar-refractivity contribution in [3.63, 3.8) is 0 Å². The summed E-state index contributed by atoms with van der Waals surface area (Å²) in [6, 6.07) is 0. The highest BCUT2D eigenvalue weighted by Crippen LogP contribution is 2.53. The smallest absolute Gasteiger partial charge is 0.225 e. The van der Waals surface area contributed by atoms with Gasteiger partial charge in [-0.05, 0) is 42.2 Å². The molecule has 3 rings (SSSR count). The summed E-state index contributed by atoms with van der Waals surface area (Å²) in [5.41, 5.74) is 0.494. The molecule has 82 valence electrons. The lowest BCUT2D eigenvalue weighted by Crippen LogP contribution is -2.07. The summed E-state index contributed by atoms with van der Waals surface area (Å²) in [4.78, 5) is 0. The molecule has 4 heteroatoms. The number of rotatable bonds is 3. The number of hydrogen-bond acceptors (Lipinski definition) is 2. The summed E-state index contributed by atoms with van der Waals surface area (Å²) in [5.74, 6) is 2.50. The van der Waals surface area contributed by atoms with Gasteiger partial charge in [-0.3, -0.25) is 0 Å². The molecule has 0 spiro atoms. The Kier molecular flexibility index (Phi) is 1.91. The van der Waals surface area contributed by atoms with Gasteiger partial charge in [-0.15, -0.1) is 10.2 Å². The van der Waals surface area contributed by atoms with Crippen molar-refractivity contribution < 1.29 is 0 Å². The van der Waals surface area contributed by atoms with E-state index in [1.807, 2.05) is 0 Å². The van der Waals surface area contributed by atoms with Crippen LogP contribution in [0, 0.1) is 11.3 Å². The van der Waals surface area contributed by atoms with Gasteiger partial charge in [0.1, 0.15) is 5.82 Å². The zero-order valence-corrected chi connectivity index (χ0v) is 9.96. The normalized spacial score (nSPS) is 28.1. The molecule has 0 aliphatic heterocycles. The first-order chi connectivity index (χ1) is 7.08. The van der Waals surface area contributed by atoms with Gasteiger partial charge in [-0.25, -0.2) is 0 Å². The Morgan fingerprint density at radius 3 is 2.60 bits per heavy atom. The van der Waals surface area contributed by atoms with Crippen LogP contribution >= 0.6 is 11.6 Å². The minimum absolute atomic E-state index is 0.494. The van der Waals surface area contributed by atoms with E-state index in [9.17, 15) is 0 Å². The second kappa shape index (κ2) is 2.97. The Labute approximate surface area is 94.8 Å². The number of hydrogen-bond donors (Lipinski definition) is 0. The third-order valence-corrected chi connectivity index (χ3v) is 4.08. The van der Waals surface area contributed by atoms with Crippen molar-refractivity contribution in [3.05, 3.63) is 11.1 Å². The van der Waals surface area contributed by atoms with E-state index >= 15 is 0 Å². The third kappa shape index (κ3) is 1.67. The summed E-state index contributed by atoms with van der Waals surface area (Å²) >= 11 is 6.07. The van der Waals surface area contributed by atoms with E-state index < -0.39 is 0 Å². The zero-order valence-electron chi connectivity index (χ0n) is 9.20. The highest BCUT2D eigenvalue weighted by molar-refractivity contribution is 6.28. The maximum Gasteiger partial charge on any atom is 0.225 e. The van der Waals surface area contributed by atoms with Crippen LogP contribution in [0.5, 0.6) is 0 Å². The van der Waals surface area contributed by atoms with Gasteiger partial charge in [0, 0.05) is 12.5 Å². The predicted octanol–water partition coefficient (Wildman–Crippen LogP) is 2.86. The molecule has 15 heavy (non-hydrogen) atoms. The van der Waals surface area contributed by atoms with Crippen molar-refractivity contribution in [1.82, 2.24) is 14.8 Å². The molecule has 0 amide bonds. The molecule has 2 aliphatic carbocycles. The Morgan fingerprint density at radius 1 is 1.40 bits per heavy atom. The van der Waals surface area contributed by atoms with Gasteiger partial charge in [0.25, 0.3) is 0 Å². The van der Waals surface area contributed by atoms with Crippen molar-refractivity contribution in [2.45, 2.75) is 45.6 Å². The second-order valence-electron chi connectivity index (χ2n) is 5.60. The van der Waals surface area contributed by atoms with Crippen molar-refractivity contribution in [3.8, 4) is 0 Å². The summed E-state index contributed by atoms with van der Waals surface area (Å²) in [6.45, 7) is 5.63. The highest BCUT2D eigenvalue weighted by atomic mass is 35.5. The molecule has 0 bridgehead atoms. The first-order valence-corrected chi connectivity index (χ1v) is 6.04. The lowest BCUT2D eigenvalue weighted by molar-refractivity contribution is 0.489. The zero-order chi connectivity index (χ0) is 10.6. The van der Waals surface area contributed by atoms with Gasteiger partial charge in [0.05, 0.1) is 0 Å². The summed E-state index contributed by atoms with van der Waals surface area (Å²) in [7, 11) is 0. The van der Waals surface area contributed by atoms with Crippen molar-refractivity contribution in [2.24, 2.45) is 11.3 Å². The van der Waals surface area contributed by atoms with E-state index in [2.05, 4.69) is 28.6 Å². The summed E-state index contributed by atoms with van der Waals surface area (Å²) in [5, 5.41) is 8.74. The highest BCUT2D eigenvalue weighted by Gasteiger charge is 2.46. The van der Waals surface area contributed by atoms with E-state index in [1.54, 1.807) is 0 Å². The monoisotopic (exact) mass is 225 g/mol. The first kappa shape index (κ1) is 9.64. The standard InChI is InChI=1S/C11H16ClN3/c1-11(2)5-8(11)6-15-9(7-3-4-7)13-14-10(15)12/h7-8H,3-6H2,1-2H3. The fraction of sp³-hybridized carbons (Fsp3) is 0.818. The molecule has 3 nitrogen and oxygen atoms in total. The second-order valence-corrected chi connectivity index (χ2v) is 5.94. The van der Waals surface area contributed by atoms with Crippen LogP contribution in [0.3, 0.4) is 0 Å². The van der Waals surface area contributed by atoms with Gasteiger partial charge in [-0.1, -0.05) is 13.8 Å². The average Bonchev–Trinajstić information content (AvgIpc) is 3.03. The van der Waals surface area contributed by atoms with Crippen LogP contribution in [0.2, 0.25) is 5.28 Å². The maximum atomic E-state index is 6.07. The molecule has 2 fully saturated rings. The van der Waals surface area contributed by atoms with Gasteiger partial charge in [-0.2, -0.15) is 0 Å². The molecule has 0 N–H and O–H groups in total. The van der Waals surface area contributed by atoms with Gasteiger partial charge < -0.3 is 4.57 Å². The molecule has 1 atom stereocenters. The molecule has 1 heterocycles. The van der Waals surface area contributed by atoms with Crippen LogP contribution in [-0.2, 0) is 6.54 Å². The van der Waals surface area contributed by atoms with E-state index in [-0.39, 0.29) is 0 Å². The Hall–Kier alpha value is -0.570. The van der Waals surface area contributed by atoms with Gasteiger partial charge in [0.15, 0.2) is 0 Å². The molecule has 0 saturated heterocycles. The Bertz CT molecular complexity index is 393. The van der Waals surface area contributed by atoms with Crippen molar-refractivity contribution in [1.29, 1.82) is 0 Å². The molecular formula is C11H16ClN3. The van der Waals surface area contributed by atoms with Crippen LogP contribution in [-0.4, -0.2) is 14.8 Å². The van der Waals surface area contributed by atoms with E-state index in [0.29, 0.717) is 16.6 Å². The molecule has 1 aromatic heterocycles. The largest absolute Gasteiger partial charge is 0.301 e. The Morgan fingerprint density at radius 2 is 2.07 bits per heavy atom. The van der Waals surface area contributed by atoms with Crippen LogP contribution in [0.1, 0.15) is 44.9 Å². The fourth-order valence-corrected chi connectivity index (χ4v) is 2.41. The molecule has 1 unspecified atom stereocenters. The first-order valence-electron chi connectivity index (χ1n) is 5.66. The quantitative estimate of drug-likeness (QED) is 0.792. The van der Waals surface area contributed by atoms with E-state index in [1.165, 1.54) is 19.3 Å². The van der Waals surface area contributed by atoms with Gasteiger partial charge in [0.2, 0.25) is 5.28 Å². The van der Waals surface area contributed by atoms with Crippen molar-refractivity contribution >= 4 is 11.6 Å². The third-order valence-electron chi connectivity index (χ3n) is 3.80. The molecule has 0 aromatic carbocycles. The molecular weight excluding hydrogens is 210 g/mol. The molecule has 2 aliphatic rings. The topological polar surface area (TPSA) is 30.7 Å². The number of aromatic nitrogens is 3. The average molecular weight is 226 g/mol. The van der Waals surface area contributed by atoms with Crippen molar-refractivity contribution in [2.75, 3.05) is 0 Å². The Balaban J connectivity index is 1.81. The summed E-state index contributed by atoms with van der Waals surface area (Å²) < 4.78 is 2.12. The number of nitrogens with zero attached hydrogens (tertiary/aromatic N) is 3. The molecule has 0 radical (unpaired) electrons. The van der Waals surface area contributed by atoms with Crippen LogP contribution in [0.25, 0.3) is 0 Å². The van der Waals surface area contributed by atoms with Crippen LogP contribution in [0.15, 0.2) is 0 Å². The predicted molar refractivity (Wildman–Crippen MR) is 58.9 cm³/mol.